The normalized spacial score (nSPS) is 11.9. The van der Waals surface area contributed by atoms with Gasteiger partial charge in [-0.05, 0) is 29.8 Å². The first kappa shape index (κ1) is 17.1. The van der Waals surface area contributed by atoms with Gasteiger partial charge in [-0.25, -0.2) is 4.39 Å². The van der Waals surface area contributed by atoms with E-state index in [9.17, 15) is 4.39 Å². The molecule has 24 heavy (non-hydrogen) atoms. The summed E-state index contributed by atoms with van der Waals surface area (Å²) < 4.78 is 21.5. The Kier molecular flexibility index (Phi) is 4.45. The maximum atomic E-state index is 13.8. The number of aromatic nitrogens is 2. The molecule has 1 aromatic heterocycles. The first-order valence-electron chi connectivity index (χ1n) is 7.49. The third-order valence-corrected chi connectivity index (χ3v) is 4.82. The van der Waals surface area contributed by atoms with Crippen molar-refractivity contribution >= 4 is 34.2 Å². The molecule has 126 valence electrons. The molecule has 2 aromatic carbocycles. The SMILES string of the molecule is Cn1c(OCC(C)(C)c2ccc(Cl)c(Cl)c2)nc2c(F)cccc21. The molecule has 3 nitrogen and oxygen atoms in total. The van der Waals surface area contributed by atoms with Crippen molar-refractivity contribution in [2.24, 2.45) is 7.05 Å². The van der Waals surface area contributed by atoms with E-state index in [2.05, 4.69) is 4.98 Å². The summed E-state index contributed by atoms with van der Waals surface area (Å²) in [6.45, 7) is 4.44. The Morgan fingerprint density at radius 1 is 1.17 bits per heavy atom. The number of ether oxygens (including phenoxy) is 1. The molecule has 0 fully saturated rings. The van der Waals surface area contributed by atoms with Gasteiger partial charge in [-0.1, -0.05) is 49.2 Å². The van der Waals surface area contributed by atoms with Gasteiger partial charge >= 0.3 is 0 Å². The van der Waals surface area contributed by atoms with Crippen LogP contribution >= 0.6 is 23.2 Å². The molecule has 0 bridgehead atoms. The van der Waals surface area contributed by atoms with E-state index in [1.807, 2.05) is 32.0 Å². The van der Waals surface area contributed by atoms with Crippen molar-refractivity contribution in [3.63, 3.8) is 0 Å². The van der Waals surface area contributed by atoms with Gasteiger partial charge < -0.3 is 4.74 Å². The highest BCUT2D eigenvalue weighted by Gasteiger charge is 2.24. The maximum absolute atomic E-state index is 13.8. The zero-order valence-corrected chi connectivity index (χ0v) is 15.1. The Balaban J connectivity index is 1.85. The molecule has 0 amide bonds. The zero-order chi connectivity index (χ0) is 17.5. The van der Waals surface area contributed by atoms with Crippen LogP contribution in [0.15, 0.2) is 36.4 Å². The lowest BCUT2D eigenvalue weighted by Gasteiger charge is -2.25. The lowest BCUT2D eigenvalue weighted by molar-refractivity contribution is 0.219. The number of fused-ring (bicyclic) bond motifs is 1. The molecule has 3 aromatic rings. The molecule has 0 saturated heterocycles. The topological polar surface area (TPSA) is 27.1 Å². The summed E-state index contributed by atoms with van der Waals surface area (Å²) in [4.78, 5) is 4.26. The van der Waals surface area contributed by atoms with Crippen molar-refractivity contribution < 1.29 is 9.13 Å². The Hall–Kier alpha value is -1.78. The van der Waals surface area contributed by atoms with Gasteiger partial charge in [0.2, 0.25) is 0 Å². The number of hydrogen-bond acceptors (Lipinski definition) is 2. The first-order chi connectivity index (χ1) is 11.3. The summed E-state index contributed by atoms with van der Waals surface area (Å²) in [5, 5.41) is 1.02. The zero-order valence-electron chi connectivity index (χ0n) is 13.6. The molecule has 0 aliphatic carbocycles. The minimum absolute atomic E-state index is 0.308. The summed E-state index contributed by atoms with van der Waals surface area (Å²) in [5.41, 5.74) is 1.69. The number of halogens is 3. The monoisotopic (exact) mass is 366 g/mol. The summed E-state index contributed by atoms with van der Waals surface area (Å²) in [6, 6.07) is 10.8. The molecule has 1 heterocycles. The molecule has 0 N–H and O–H groups in total. The largest absolute Gasteiger partial charge is 0.464 e. The summed E-state index contributed by atoms with van der Waals surface area (Å²) in [5.74, 6) is -0.360. The second kappa shape index (κ2) is 6.26. The van der Waals surface area contributed by atoms with Crippen molar-refractivity contribution in [3.8, 4) is 6.01 Å². The summed E-state index contributed by atoms with van der Waals surface area (Å²) in [6.07, 6.45) is 0. The Morgan fingerprint density at radius 2 is 1.92 bits per heavy atom. The fourth-order valence-electron chi connectivity index (χ4n) is 2.53. The minimum atomic E-state index is -0.360. The molecular weight excluding hydrogens is 350 g/mol. The van der Waals surface area contributed by atoms with Crippen LogP contribution in [0.3, 0.4) is 0 Å². The number of para-hydroxylation sites is 1. The van der Waals surface area contributed by atoms with E-state index < -0.39 is 0 Å². The van der Waals surface area contributed by atoms with Crippen molar-refractivity contribution in [1.29, 1.82) is 0 Å². The van der Waals surface area contributed by atoms with Gasteiger partial charge in [0.15, 0.2) is 5.82 Å². The minimum Gasteiger partial charge on any atom is -0.464 e. The average molecular weight is 367 g/mol. The number of nitrogens with zero attached hydrogens (tertiary/aromatic N) is 2. The van der Waals surface area contributed by atoms with Crippen molar-refractivity contribution in [1.82, 2.24) is 9.55 Å². The van der Waals surface area contributed by atoms with Crippen LogP contribution in [0.4, 0.5) is 4.39 Å². The molecule has 0 aliphatic rings. The van der Waals surface area contributed by atoms with Gasteiger partial charge in [-0.3, -0.25) is 4.57 Å². The number of hydrogen-bond donors (Lipinski definition) is 0. The van der Waals surface area contributed by atoms with Crippen molar-refractivity contribution in [2.45, 2.75) is 19.3 Å². The van der Waals surface area contributed by atoms with Gasteiger partial charge in [0.1, 0.15) is 12.1 Å². The van der Waals surface area contributed by atoms with Crippen molar-refractivity contribution in [3.05, 3.63) is 57.8 Å². The van der Waals surface area contributed by atoms with Gasteiger partial charge in [0, 0.05) is 12.5 Å². The van der Waals surface area contributed by atoms with Gasteiger partial charge in [-0.15, -0.1) is 0 Å². The first-order valence-corrected chi connectivity index (χ1v) is 8.24. The Morgan fingerprint density at radius 3 is 2.58 bits per heavy atom. The van der Waals surface area contributed by atoms with Crippen LogP contribution in [-0.4, -0.2) is 16.2 Å². The third kappa shape index (κ3) is 3.08. The van der Waals surface area contributed by atoms with Crippen LogP contribution in [0, 0.1) is 5.82 Å². The van der Waals surface area contributed by atoms with Gasteiger partial charge in [0.25, 0.3) is 6.01 Å². The third-order valence-electron chi connectivity index (χ3n) is 4.08. The van der Waals surface area contributed by atoms with Crippen LogP contribution < -0.4 is 4.74 Å². The smallest absolute Gasteiger partial charge is 0.297 e. The Bertz CT molecular complexity index is 905. The standard InChI is InChI=1S/C18H17Cl2FN2O/c1-18(2,11-7-8-12(19)13(20)9-11)10-24-17-22-16-14(21)5-4-6-15(16)23(17)3/h4-9H,10H2,1-3H3. The van der Waals surface area contributed by atoms with Crippen LogP contribution in [0.1, 0.15) is 19.4 Å². The predicted octanol–water partition coefficient (Wildman–Crippen LogP) is 5.38. The Labute approximate surface area is 150 Å². The molecule has 3 rings (SSSR count). The molecule has 0 atom stereocenters. The number of imidazole rings is 1. The summed E-state index contributed by atoms with van der Waals surface area (Å²) in [7, 11) is 1.80. The maximum Gasteiger partial charge on any atom is 0.297 e. The van der Waals surface area contributed by atoms with Crippen LogP contribution in [0.25, 0.3) is 11.0 Å². The van der Waals surface area contributed by atoms with E-state index in [4.69, 9.17) is 27.9 Å². The predicted molar refractivity (Wildman–Crippen MR) is 95.7 cm³/mol. The van der Waals surface area contributed by atoms with E-state index in [0.29, 0.717) is 33.7 Å². The molecule has 0 saturated carbocycles. The highest BCUT2D eigenvalue weighted by molar-refractivity contribution is 6.42. The van der Waals surface area contributed by atoms with E-state index in [1.54, 1.807) is 23.7 Å². The van der Waals surface area contributed by atoms with E-state index >= 15 is 0 Å². The average Bonchev–Trinajstić information content (AvgIpc) is 2.86. The number of benzene rings is 2. The molecule has 6 heteroatoms. The molecule has 0 aliphatic heterocycles. The second-order valence-electron chi connectivity index (χ2n) is 6.36. The fourth-order valence-corrected chi connectivity index (χ4v) is 2.83. The molecule has 0 unspecified atom stereocenters. The fraction of sp³-hybridized carbons (Fsp3) is 0.278. The lowest BCUT2D eigenvalue weighted by atomic mass is 9.86. The van der Waals surface area contributed by atoms with Crippen LogP contribution in [-0.2, 0) is 12.5 Å². The van der Waals surface area contributed by atoms with E-state index in [-0.39, 0.29) is 11.2 Å². The second-order valence-corrected chi connectivity index (χ2v) is 7.18. The van der Waals surface area contributed by atoms with Gasteiger partial charge in [-0.2, -0.15) is 4.98 Å². The highest BCUT2D eigenvalue weighted by atomic mass is 35.5. The molecule has 0 spiro atoms. The van der Waals surface area contributed by atoms with E-state index in [0.717, 1.165) is 5.56 Å². The highest BCUT2D eigenvalue weighted by Crippen LogP contribution is 2.31. The van der Waals surface area contributed by atoms with Crippen LogP contribution in [0.5, 0.6) is 6.01 Å². The van der Waals surface area contributed by atoms with Crippen LogP contribution in [0.2, 0.25) is 10.0 Å². The molecule has 0 radical (unpaired) electrons. The number of aryl methyl sites for hydroxylation is 1. The quantitative estimate of drug-likeness (QED) is 0.619. The molecular formula is C18H17Cl2FN2O. The van der Waals surface area contributed by atoms with E-state index in [1.165, 1.54) is 6.07 Å². The summed E-state index contributed by atoms with van der Waals surface area (Å²) >= 11 is 12.1. The number of rotatable bonds is 4. The van der Waals surface area contributed by atoms with Crippen molar-refractivity contribution in [2.75, 3.05) is 6.61 Å². The van der Waals surface area contributed by atoms with Gasteiger partial charge in [0.05, 0.1) is 15.6 Å². The lowest BCUT2D eigenvalue weighted by Crippen LogP contribution is -2.27.